The summed E-state index contributed by atoms with van der Waals surface area (Å²) in [5, 5.41) is 17.9. The highest BCUT2D eigenvalue weighted by Crippen LogP contribution is 2.30. The lowest BCUT2D eigenvalue weighted by Crippen LogP contribution is -2.35. The summed E-state index contributed by atoms with van der Waals surface area (Å²) in [7, 11) is 0. The molecule has 10 heteroatoms. The molecule has 1 atom stereocenters. The number of anilines is 4. The number of carbonyl (C=O) groups excluding carboxylic acids is 1. The van der Waals surface area contributed by atoms with Crippen LogP contribution in [0.3, 0.4) is 0 Å². The minimum atomic E-state index is -0.525. The van der Waals surface area contributed by atoms with Crippen molar-refractivity contribution in [1.29, 1.82) is 0 Å². The van der Waals surface area contributed by atoms with Crippen LogP contribution in [0, 0.1) is 10.1 Å². The number of para-hydroxylation sites is 1. The monoisotopic (exact) mass is 407 g/mol. The van der Waals surface area contributed by atoms with Crippen LogP contribution >= 0.6 is 0 Å². The van der Waals surface area contributed by atoms with E-state index in [4.69, 9.17) is 10.7 Å². The number of nitrogens with zero attached hydrogens (tertiary/aromatic N) is 4. The van der Waals surface area contributed by atoms with Crippen LogP contribution in [-0.4, -0.2) is 39.9 Å². The number of benzene rings is 2. The van der Waals surface area contributed by atoms with Gasteiger partial charge in [0.15, 0.2) is 0 Å². The van der Waals surface area contributed by atoms with Gasteiger partial charge in [0.25, 0.3) is 5.69 Å². The molecule has 0 aliphatic carbocycles. The van der Waals surface area contributed by atoms with Crippen LogP contribution in [0.1, 0.15) is 13.3 Å². The number of nitrogen functional groups attached to an aromatic ring is 1. The molecule has 0 spiro atoms. The van der Waals surface area contributed by atoms with E-state index in [9.17, 15) is 14.9 Å². The molecule has 0 bridgehead atoms. The Kier molecular flexibility index (Phi) is 5.05. The summed E-state index contributed by atoms with van der Waals surface area (Å²) < 4.78 is 0. The third kappa shape index (κ3) is 3.93. The third-order valence-electron chi connectivity index (χ3n) is 4.96. The van der Waals surface area contributed by atoms with Gasteiger partial charge in [0.1, 0.15) is 11.5 Å². The molecule has 1 saturated heterocycles. The number of nitro groups is 1. The molecule has 2 heterocycles. The smallest absolute Gasteiger partial charge is 0.292 e. The van der Waals surface area contributed by atoms with Gasteiger partial charge in [0.05, 0.1) is 10.4 Å². The number of nitrogens with two attached hydrogens (primary N) is 1. The molecule has 30 heavy (non-hydrogen) atoms. The molecular weight excluding hydrogens is 386 g/mol. The van der Waals surface area contributed by atoms with E-state index in [1.54, 1.807) is 6.07 Å². The number of amides is 1. The second-order valence-corrected chi connectivity index (χ2v) is 7.18. The van der Waals surface area contributed by atoms with Crippen molar-refractivity contribution in [2.24, 2.45) is 0 Å². The zero-order valence-electron chi connectivity index (χ0n) is 16.3. The lowest BCUT2D eigenvalue weighted by molar-refractivity contribution is -0.383. The van der Waals surface area contributed by atoms with Gasteiger partial charge in [-0.3, -0.25) is 14.9 Å². The average molecular weight is 407 g/mol. The van der Waals surface area contributed by atoms with Gasteiger partial charge in [-0.1, -0.05) is 12.1 Å². The Morgan fingerprint density at radius 1 is 1.27 bits per heavy atom. The van der Waals surface area contributed by atoms with Crippen LogP contribution in [0.5, 0.6) is 0 Å². The maximum Gasteiger partial charge on any atom is 0.292 e. The van der Waals surface area contributed by atoms with Crippen LogP contribution < -0.4 is 21.3 Å². The molecule has 1 aromatic heterocycles. The molecule has 3 aromatic rings. The minimum absolute atomic E-state index is 0.0486. The van der Waals surface area contributed by atoms with E-state index in [0.29, 0.717) is 18.2 Å². The zero-order valence-corrected chi connectivity index (χ0v) is 16.3. The molecule has 154 valence electrons. The Hall–Kier alpha value is -3.95. The Balaban J connectivity index is 1.66. The maximum absolute atomic E-state index is 11.4. The van der Waals surface area contributed by atoms with Crippen molar-refractivity contribution < 1.29 is 9.72 Å². The van der Waals surface area contributed by atoms with Crippen molar-refractivity contribution in [1.82, 2.24) is 15.3 Å². The molecule has 10 nitrogen and oxygen atoms in total. The standard InChI is InChI=1S/C20H21N7O3/c1-12(28)22-14-8-9-26(11-14)19-15-4-2-3-5-17(15)24-20(25-19)23-13-6-7-18(27(29)30)16(21)10-13/h2-7,10,14H,8-9,11,21H2,1H3,(H,22,28)(H,23,24,25). The maximum atomic E-state index is 11.4. The fraction of sp³-hybridized carbons (Fsp3) is 0.250. The van der Waals surface area contributed by atoms with Gasteiger partial charge in [0, 0.05) is 43.2 Å². The fourth-order valence-electron chi connectivity index (χ4n) is 3.64. The normalized spacial score (nSPS) is 15.9. The molecule has 0 saturated carbocycles. The third-order valence-corrected chi connectivity index (χ3v) is 4.96. The van der Waals surface area contributed by atoms with E-state index in [1.165, 1.54) is 19.1 Å². The van der Waals surface area contributed by atoms with Crippen molar-refractivity contribution in [3.05, 3.63) is 52.6 Å². The van der Waals surface area contributed by atoms with Crippen LogP contribution in [0.2, 0.25) is 0 Å². The number of hydrogen-bond donors (Lipinski definition) is 3. The summed E-state index contributed by atoms with van der Waals surface area (Å²) in [6, 6.07) is 12.2. The molecule has 1 fully saturated rings. The number of nitro benzene ring substituents is 1. The topological polar surface area (TPSA) is 139 Å². The van der Waals surface area contributed by atoms with E-state index in [0.717, 1.165) is 29.7 Å². The molecule has 4 rings (SSSR count). The van der Waals surface area contributed by atoms with Crippen molar-refractivity contribution in [2.75, 3.05) is 29.0 Å². The van der Waals surface area contributed by atoms with E-state index in [2.05, 4.69) is 20.5 Å². The first-order valence-electron chi connectivity index (χ1n) is 9.50. The van der Waals surface area contributed by atoms with Crippen LogP contribution in [0.25, 0.3) is 10.9 Å². The number of hydrogen-bond acceptors (Lipinski definition) is 8. The van der Waals surface area contributed by atoms with Gasteiger partial charge >= 0.3 is 0 Å². The quantitative estimate of drug-likeness (QED) is 0.333. The van der Waals surface area contributed by atoms with E-state index in [-0.39, 0.29) is 23.3 Å². The number of carbonyl (C=O) groups is 1. The van der Waals surface area contributed by atoms with Crippen molar-refractivity contribution in [3.63, 3.8) is 0 Å². The lowest BCUT2D eigenvalue weighted by Gasteiger charge is -2.20. The molecule has 4 N–H and O–H groups in total. The van der Waals surface area contributed by atoms with Crippen LogP contribution in [0.15, 0.2) is 42.5 Å². The van der Waals surface area contributed by atoms with Gasteiger partial charge in [-0.05, 0) is 30.7 Å². The first kappa shape index (κ1) is 19.4. The van der Waals surface area contributed by atoms with E-state index in [1.807, 2.05) is 24.3 Å². The molecule has 2 aromatic carbocycles. The number of aromatic nitrogens is 2. The Morgan fingerprint density at radius 3 is 2.80 bits per heavy atom. The van der Waals surface area contributed by atoms with Gasteiger partial charge < -0.3 is 21.3 Å². The molecule has 0 radical (unpaired) electrons. The van der Waals surface area contributed by atoms with E-state index >= 15 is 0 Å². The highest BCUT2D eigenvalue weighted by Gasteiger charge is 2.26. The van der Waals surface area contributed by atoms with Crippen LogP contribution in [-0.2, 0) is 4.79 Å². The summed E-state index contributed by atoms with van der Waals surface area (Å²) in [5.41, 5.74) is 7.01. The summed E-state index contributed by atoms with van der Waals surface area (Å²) in [6.07, 6.45) is 0.833. The summed E-state index contributed by atoms with van der Waals surface area (Å²) in [4.78, 5) is 33.2. The SMILES string of the molecule is CC(=O)NC1CCN(c2nc(Nc3ccc([N+](=O)[O-])c(N)c3)nc3ccccc23)C1. The Morgan fingerprint density at radius 2 is 2.07 bits per heavy atom. The minimum Gasteiger partial charge on any atom is -0.393 e. The highest BCUT2D eigenvalue weighted by atomic mass is 16.6. The first-order valence-corrected chi connectivity index (χ1v) is 9.50. The van der Waals surface area contributed by atoms with Crippen molar-refractivity contribution in [3.8, 4) is 0 Å². The Labute approximate surface area is 172 Å². The van der Waals surface area contributed by atoms with Crippen molar-refractivity contribution in [2.45, 2.75) is 19.4 Å². The van der Waals surface area contributed by atoms with Crippen LogP contribution in [0.4, 0.5) is 28.8 Å². The van der Waals surface area contributed by atoms with Gasteiger partial charge in [0.2, 0.25) is 11.9 Å². The second-order valence-electron chi connectivity index (χ2n) is 7.18. The predicted octanol–water partition coefficient (Wildman–Crippen LogP) is 2.58. The largest absolute Gasteiger partial charge is 0.393 e. The number of fused-ring (bicyclic) bond motifs is 1. The number of rotatable bonds is 5. The molecule has 1 amide bonds. The molecule has 1 aliphatic rings. The highest BCUT2D eigenvalue weighted by molar-refractivity contribution is 5.91. The number of nitrogens with one attached hydrogen (secondary N) is 2. The van der Waals surface area contributed by atoms with Gasteiger partial charge in [-0.2, -0.15) is 4.98 Å². The summed E-state index contributed by atoms with van der Waals surface area (Å²) in [6.45, 7) is 2.93. The molecule has 1 aliphatic heterocycles. The van der Waals surface area contributed by atoms with Gasteiger partial charge in [-0.15, -0.1) is 0 Å². The zero-order chi connectivity index (χ0) is 21.3. The van der Waals surface area contributed by atoms with E-state index < -0.39 is 4.92 Å². The first-order chi connectivity index (χ1) is 14.4. The summed E-state index contributed by atoms with van der Waals surface area (Å²) in [5.74, 6) is 1.08. The average Bonchev–Trinajstić information content (AvgIpc) is 3.14. The summed E-state index contributed by atoms with van der Waals surface area (Å²) >= 11 is 0. The fourth-order valence-corrected chi connectivity index (χ4v) is 3.64. The molecule has 1 unspecified atom stereocenters. The van der Waals surface area contributed by atoms with Crippen molar-refractivity contribution >= 4 is 45.6 Å². The lowest BCUT2D eigenvalue weighted by atomic mass is 10.2. The molecular formula is C20H21N7O3. The van der Waals surface area contributed by atoms with Gasteiger partial charge in [-0.25, -0.2) is 4.98 Å². The Bertz CT molecular complexity index is 1130. The predicted molar refractivity (Wildman–Crippen MR) is 115 cm³/mol. The second kappa shape index (κ2) is 7.82.